The Kier molecular flexibility index (Phi) is 3.02. The van der Waals surface area contributed by atoms with Crippen molar-refractivity contribution in [2.75, 3.05) is 0 Å². The molecule has 1 N–H and O–H groups in total. The Morgan fingerprint density at radius 2 is 1.91 bits per heavy atom. The lowest BCUT2D eigenvalue weighted by molar-refractivity contribution is -0.142. The summed E-state index contributed by atoms with van der Waals surface area (Å²) in [6, 6.07) is 0. The topological polar surface area (TPSA) is 37.3 Å². The first kappa shape index (κ1) is 9.14. The van der Waals surface area contributed by atoms with E-state index in [2.05, 4.69) is 0 Å². The average molecular weight is 197 g/mol. The average Bonchev–Trinajstić information content (AvgIpc) is 1.94. The van der Waals surface area contributed by atoms with E-state index in [0.29, 0.717) is 19.3 Å². The van der Waals surface area contributed by atoms with Crippen molar-refractivity contribution in [1.82, 2.24) is 0 Å². The van der Waals surface area contributed by atoms with Gasteiger partial charge in [-0.05, 0) is 19.3 Å². The van der Waals surface area contributed by atoms with Crippen LogP contribution in [0.3, 0.4) is 0 Å². The predicted octanol–water partition coefficient (Wildman–Crippen LogP) is 2.09. The van der Waals surface area contributed by atoms with Crippen LogP contribution >= 0.6 is 23.2 Å². The normalized spacial score (nSPS) is 38.5. The molecule has 64 valence electrons. The van der Waals surface area contributed by atoms with Gasteiger partial charge in [-0.15, -0.1) is 23.2 Å². The van der Waals surface area contributed by atoms with E-state index in [1.165, 1.54) is 0 Å². The molecule has 0 aliphatic heterocycles. The van der Waals surface area contributed by atoms with Crippen LogP contribution in [-0.4, -0.2) is 21.8 Å². The lowest BCUT2D eigenvalue weighted by Crippen LogP contribution is -2.29. The van der Waals surface area contributed by atoms with Crippen LogP contribution in [0.5, 0.6) is 0 Å². The van der Waals surface area contributed by atoms with Gasteiger partial charge in [0.2, 0.25) is 0 Å². The number of carboxylic acids is 1. The molecule has 0 aromatic carbocycles. The van der Waals surface area contributed by atoms with Gasteiger partial charge in [0.25, 0.3) is 0 Å². The molecule has 0 spiro atoms. The van der Waals surface area contributed by atoms with Crippen LogP contribution < -0.4 is 0 Å². The standard InChI is InChI=1S/C7H10Cl2O2/c8-5-2-1-4(7(10)11)3-6(5)9/h4-6H,1-3H2,(H,10,11)/t4-,5+,6+/m1/s1. The Balaban J connectivity index is 2.46. The van der Waals surface area contributed by atoms with E-state index in [1.54, 1.807) is 0 Å². The summed E-state index contributed by atoms with van der Waals surface area (Å²) >= 11 is 11.6. The number of halogens is 2. The molecular formula is C7H10Cl2O2. The number of aliphatic carboxylic acids is 1. The Bertz CT molecular complexity index is 161. The van der Waals surface area contributed by atoms with Crippen molar-refractivity contribution < 1.29 is 9.90 Å². The molecule has 0 radical (unpaired) electrons. The first-order chi connectivity index (χ1) is 5.11. The second-order valence-electron chi connectivity index (χ2n) is 2.88. The van der Waals surface area contributed by atoms with E-state index in [4.69, 9.17) is 28.3 Å². The van der Waals surface area contributed by atoms with Crippen LogP contribution in [0.4, 0.5) is 0 Å². The number of alkyl halides is 2. The molecule has 3 atom stereocenters. The van der Waals surface area contributed by atoms with Crippen molar-refractivity contribution in [3.05, 3.63) is 0 Å². The van der Waals surface area contributed by atoms with Crippen LogP contribution in [-0.2, 0) is 4.79 Å². The summed E-state index contributed by atoms with van der Waals surface area (Å²) in [5.74, 6) is -1.04. The molecule has 1 rings (SSSR count). The van der Waals surface area contributed by atoms with Crippen LogP contribution in [0.2, 0.25) is 0 Å². The van der Waals surface area contributed by atoms with Gasteiger partial charge in [-0.25, -0.2) is 0 Å². The zero-order valence-electron chi connectivity index (χ0n) is 5.96. The number of carbonyl (C=O) groups is 1. The minimum Gasteiger partial charge on any atom is -0.481 e. The summed E-state index contributed by atoms with van der Waals surface area (Å²) in [6.45, 7) is 0. The number of rotatable bonds is 1. The SMILES string of the molecule is O=C(O)[C@@H]1CC[C@H](Cl)[C@@H](Cl)C1. The highest BCUT2D eigenvalue weighted by Crippen LogP contribution is 2.31. The van der Waals surface area contributed by atoms with Gasteiger partial charge in [-0.1, -0.05) is 0 Å². The highest BCUT2D eigenvalue weighted by atomic mass is 35.5. The van der Waals surface area contributed by atoms with E-state index in [9.17, 15) is 4.79 Å². The maximum Gasteiger partial charge on any atom is 0.306 e. The number of hydrogen-bond acceptors (Lipinski definition) is 1. The van der Waals surface area contributed by atoms with Crippen LogP contribution in [0.15, 0.2) is 0 Å². The van der Waals surface area contributed by atoms with Gasteiger partial charge in [0.1, 0.15) is 0 Å². The van der Waals surface area contributed by atoms with Crippen molar-refractivity contribution in [2.24, 2.45) is 5.92 Å². The van der Waals surface area contributed by atoms with Gasteiger partial charge in [-0.3, -0.25) is 4.79 Å². The molecule has 4 heteroatoms. The zero-order valence-corrected chi connectivity index (χ0v) is 7.48. The molecule has 0 aromatic heterocycles. The van der Waals surface area contributed by atoms with Gasteiger partial charge >= 0.3 is 5.97 Å². The van der Waals surface area contributed by atoms with Crippen molar-refractivity contribution in [1.29, 1.82) is 0 Å². The number of hydrogen-bond donors (Lipinski definition) is 1. The molecule has 2 nitrogen and oxygen atoms in total. The molecule has 0 aromatic rings. The minimum absolute atomic E-state index is 0.0488. The molecule has 0 heterocycles. The molecule has 0 amide bonds. The maximum atomic E-state index is 10.5. The smallest absolute Gasteiger partial charge is 0.306 e. The predicted molar refractivity (Wildman–Crippen MR) is 44.3 cm³/mol. The van der Waals surface area contributed by atoms with Gasteiger partial charge < -0.3 is 5.11 Å². The summed E-state index contributed by atoms with van der Waals surface area (Å²) < 4.78 is 0. The molecular weight excluding hydrogens is 187 g/mol. The van der Waals surface area contributed by atoms with Crippen molar-refractivity contribution >= 4 is 29.2 Å². The lowest BCUT2D eigenvalue weighted by atomic mass is 9.89. The van der Waals surface area contributed by atoms with Crippen molar-refractivity contribution in [3.63, 3.8) is 0 Å². The Labute approximate surface area is 75.5 Å². The van der Waals surface area contributed by atoms with Crippen LogP contribution in [0.1, 0.15) is 19.3 Å². The van der Waals surface area contributed by atoms with Gasteiger partial charge in [-0.2, -0.15) is 0 Å². The molecule has 11 heavy (non-hydrogen) atoms. The second-order valence-corrected chi connectivity index (χ2v) is 4.00. The summed E-state index contributed by atoms with van der Waals surface area (Å²) in [4.78, 5) is 10.5. The monoisotopic (exact) mass is 196 g/mol. The zero-order chi connectivity index (χ0) is 8.43. The van der Waals surface area contributed by atoms with E-state index >= 15 is 0 Å². The van der Waals surface area contributed by atoms with E-state index in [0.717, 1.165) is 0 Å². The Morgan fingerprint density at radius 1 is 1.27 bits per heavy atom. The molecule has 1 aliphatic carbocycles. The third-order valence-corrected chi connectivity index (χ3v) is 3.18. The van der Waals surface area contributed by atoms with E-state index in [-0.39, 0.29) is 16.7 Å². The summed E-state index contributed by atoms with van der Waals surface area (Å²) in [5, 5.41) is 8.42. The molecule has 0 bridgehead atoms. The third kappa shape index (κ3) is 2.24. The highest BCUT2D eigenvalue weighted by Gasteiger charge is 2.31. The fourth-order valence-corrected chi connectivity index (χ4v) is 1.87. The fraction of sp³-hybridized carbons (Fsp3) is 0.857. The molecule has 1 fully saturated rings. The second kappa shape index (κ2) is 3.63. The van der Waals surface area contributed by atoms with Crippen molar-refractivity contribution in [2.45, 2.75) is 30.0 Å². The minimum atomic E-state index is -0.751. The Morgan fingerprint density at radius 3 is 2.36 bits per heavy atom. The van der Waals surface area contributed by atoms with Crippen LogP contribution in [0, 0.1) is 5.92 Å². The lowest BCUT2D eigenvalue weighted by Gasteiger charge is -2.26. The highest BCUT2D eigenvalue weighted by molar-refractivity contribution is 6.30. The molecule has 1 saturated carbocycles. The fourth-order valence-electron chi connectivity index (χ4n) is 1.30. The van der Waals surface area contributed by atoms with Crippen molar-refractivity contribution in [3.8, 4) is 0 Å². The summed E-state index contributed by atoms with van der Waals surface area (Å²) in [7, 11) is 0. The van der Waals surface area contributed by atoms with Gasteiger partial charge in [0.15, 0.2) is 0 Å². The largest absolute Gasteiger partial charge is 0.481 e. The van der Waals surface area contributed by atoms with E-state index < -0.39 is 5.97 Å². The van der Waals surface area contributed by atoms with E-state index in [1.807, 2.05) is 0 Å². The first-order valence-electron chi connectivity index (χ1n) is 3.62. The van der Waals surface area contributed by atoms with Gasteiger partial charge in [0, 0.05) is 5.38 Å². The summed E-state index contributed by atoms with van der Waals surface area (Å²) in [5.41, 5.74) is 0. The van der Waals surface area contributed by atoms with Crippen LogP contribution in [0.25, 0.3) is 0 Å². The molecule has 0 saturated heterocycles. The quantitative estimate of drug-likeness (QED) is 0.653. The molecule has 1 aliphatic rings. The summed E-state index contributed by atoms with van der Waals surface area (Å²) in [6.07, 6.45) is 1.88. The molecule has 0 unspecified atom stereocenters. The number of carboxylic acid groups (broad SMARTS) is 1. The Hall–Kier alpha value is 0.0500. The first-order valence-corrected chi connectivity index (χ1v) is 4.49. The maximum absolute atomic E-state index is 10.5. The van der Waals surface area contributed by atoms with Gasteiger partial charge in [0.05, 0.1) is 11.3 Å². The third-order valence-electron chi connectivity index (χ3n) is 2.04.